The summed E-state index contributed by atoms with van der Waals surface area (Å²) >= 11 is 0. The minimum atomic E-state index is -1.69. The van der Waals surface area contributed by atoms with Crippen molar-refractivity contribution >= 4 is 5.91 Å². The third-order valence-corrected chi connectivity index (χ3v) is 1.73. The number of amides is 1. The average Bonchev–Trinajstić information content (AvgIpc) is 2.15. The Balaban J connectivity index is 3.46. The van der Waals surface area contributed by atoms with E-state index >= 15 is 0 Å². The van der Waals surface area contributed by atoms with Crippen LogP contribution in [0, 0.1) is 23.3 Å². The first-order valence-electron chi connectivity index (χ1n) is 3.91. The Hall–Kier alpha value is -1.59. The van der Waals surface area contributed by atoms with Crippen molar-refractivity contribution in [3.8, 4) is 0 Å². The number of hydrogen-bond acceptors (Lipinski definition) is 1. The molecule has 0 fully saturated rings. The smallest absolute Gasteiger partial charge is 0.259 e. The van der Waals surface area contributed by atoms with Crippen LogP contribution in [0.5, 0.6) is 0 Å². The summed E-state index contributed by atoms with van der Waals surface area (Å²) in [6.45, 7) is 0. The topological polar surface area (TPSA) is 20.3 Å². The fourth-order valence-electron chi connectivity index (χ4n) is 0.985. The van der Waals surface area contributed by atoms with Gasteiger partial charge in [-0.05, 0) is 0 Å². The Kier molecular flexibility index (Phi) is 2.97. The molecule has 6 heteroatoms. The van der Waals surface area contributed by atoms with Gasteiger partial charge < -0.3 is 4.90 Å². The Bertz CT molecular complexity index is 391. The Morgan fingerprint density at radius 3 is 1.80 bits per heavy atom. The number of nitrogens with zero attached hydrogens (tertiary/aromatic N) is 1. The van der Waals surface area contributed by atoms with Crippen molar-refractivity contribution in [2.45, 2.75) is 0 Å². The molecule has 2 nitrogen and oxygen atoms in total. The van der Waals surface area contributed by atoms with E-state index in [-0.39, 0.29) is 6.07 Å². The van der Waals surface area contributed by atoms with Gasteiger partial charge in [0, 0.05) is 20.2 Å². The predicted octanol–water partition coefficient (Wildman–Crippen LogP) is 1.94. The summed E-state index contributed by atoms with van der Waals surface area (Å²) in [7, 11) is 2.42. The summed E-state index contributed by atoms with van der Waals surface area (Å²) in [5.41, 5.74) is -1.22. The minimum absolute atomic E-state index is 0.0527. The van der Waals surface area contributed by atoms with E-state index in [1.165, 1.54) is 14.1 Å². The van der Waals surface area contributed by atoms with Gasteiger partial charge in [0.05, 0.1) is 0 Å². The molecule has 0 saturated carbocycles. The van der Waals surface area contributed by atoms with Crippen LogP contribution in [0.3, 0.4) is 0 Å². The third kappa shape index (κ3) is 1.93. The maximum Gasteiger partial charge on any atom is 0.259 e. The lowest BCUT2D eigenvalue weighted by Crippen LogP contribution is -2.25. The highest BCUT2D eigenvalue weighted by Gasteiger charge is 2.25. The molecule has 0 heterocycles. The van der Waals surface area contributed by atoms with Crippen LogP contribution in [0.15, 0.2) is 6.07 Å². The third-order valence-electron chi connectivity index (χ3n) is 1.73. The SMILES string of the molecule is CN(C)C(=O)c1c(F)c(F)cc(F)c1F. The van der Waals surface area contributed by atoms with E-state index in [1.807, 2.05) is 0 Å². The lowest BCUT2D eigenvalue weighted by molar-refractivity contribution is 0.0815. The van der Waals surface area contributed by atoms with Crippen molar-refractivity contribution in [1.29, 1.82) is 0 Å². The number of rotatable bonds is 1. The monoisotopic (exact) mass is 221 g/mol. The summed E-state index contributed by atoms with van der Waals surface area (Å²) < 4.78 is 51.4. The molecule has 0 unspecified atom stereocenters. The summed E-state index contributed by atoms with van der Waals surface area (Å²) in [4.78, 5) is 12.0. The molecule has 1 amide bonds. The number of halogens is 4. The highest BCUT2D eigenvalue weighted by atomic mass is 19.2. The maximum atomic E-state index is 13.0. The van der Waals surface area contributed by atoms with Crippen molar-refractivity contribution in [3.63, 3.8) is 0 Å². The van der Waals surface area contributed by atoms with E-state index in [0.717, 1.165) is 4.90 Å². The zero-order chi connectivity index (χ0) is 11.7. The number of benzene rings is 1. The molecule has 0 N–H and O–H groups in total. The van der Waals surface area contributed by atoms with E-state index < -0.39 is 34.7 Å². The molecule has 0 spiro atoms. The molecule has 1 rings (SSSR count). The summed E-state index contributed by atoms with van der Waals surface area (Å²) in [6, 6.07) is 0.0527. The van der Waals surface area contributed by atoms with Gasteiger partial charge in [0.15, 0.2) is 23.3 Å². The molecule has 0 bridgehead atoms. The van der Waals surface area contributed by atoms with Crippen LogP contribution in [0.4, 0.5) is 17.6 Å². The number of carbonyl (C=O) groups is 1. The molecule has 0 aliphatic rings. The molecule has 1 aromatic rings. The average molecular weight is 221 g/mol. The van der Waals surface area contributed by atoms with Gasteiger partial charge in [-0.2, -0.15) is 0 Å². The van der Waals surface area contributed by atoms with E-state index in [0.29, 0.717) is 0 Å². The fourth-order valence-corrected chi connectivity index (χ4v) is 0.985. The van der Waals surface area contributed by atoms with Crippen LogP contribution in [0.2, 0.25) is 0 Å². The van der Waals surface area contributed by atoms with E-state index in [9.17, 15) is 22.4 Å². The minimum Gasteiger partial charge on any atom is -0.345 e. The van der Waals surface area contributed by atoms with Crippen molar-refractivity contribution in [2.75, 3.05) is 14.1 Å². The molecule has 1 aromatic carbocycles. The van der Waals surface area contributed by atoms with Crippen LogP contribution in [0.25, 0.3) is 0 Å². The van der Waals surface area contributed by atoms with Crippen LogP contribution < -0.4 is 0 Å². The van der Waals surface area contributed by atoms with Crippen molar-refractivity contribution in [2.24, 2.45) is 0 Å². The zero-order valence-corrected chi connectivity index (χ0v) is 7.94. The quantitative estimate of drug-likeness (QED) is 0.524. The van der Waals surface area contributed by atoms with Crippen molar-refractivity contribution in [1.82, 2.24) is 4.90 Å². The number of carbonyl (C=O) groups excluding carboxylic acids is 1. The Morgan fingerprint density at radius 2 is 1.47 bits per heavy atom. The second-order valence-electron chi connectivity index (χ2n) is 3.04. The summed E-state index contributed by atoms with van der Waals surface area (Å²) in [6.07, 6.45) is 0. The molecule has 0 aliphatic carbocycles. The second-order valence-corrected chi connectivity index (χ2v) is 3.04. The molecule has 82 valence electrons. The molecule has 0 aromatic heterocycles. The maximum absolute atomic E-state index is 13.0. The Morgan fingerprint density at radius 1 is 1.07 bits per heavy atom. The first-order chi connectivity index (χ1) is 6.86. The molecule has 0 saturated heterocycles. The van der Waals surface area contributed by atoms with E-state index in [2.05, 4.69) is 0 Å². The highest BCUT2D eigenvalue weighted by Crippen LogP contribution is 2.20. The zero-order valence-electron chi connectivity index (χ0n) is 7.94. The molecule has 15 heavy (non-hydrogen) atoms. The lowest BCUT2D eigenvalue weighted by Gasteiger charge is -2.12. The van der Waals surface area contributed by atoms with Crippen molar-refractivity contribution in [3.05, 3.63) is 34.9 Å². The van der Waals surface area contributed by atoms with Gasteiger partial charge in [-0.25, -0.2) is 17.6 Å². The van der Waals surface area contributed by atoms with E-state index in [4.69, 9.17) is 0 Å². The van der Waals surface area contributed by atoms with Crippen LogP contribution in [0.1, 0.15) is 10.4 Å². The normalized spacial score (nSPS) is 10.3. The molecule has 0 aliphatic heterocycles. The molecular formula is C9H7F4NO. The Labute approximate surface area is 83.1 Å². The summed E-state index contributed by atoms with van der Waals surface area (Å²) in [5.74, 6) is -7.71. The van der Waals surface area contributed by atoms with Gasteiger partial charge in [0.25, 0.3) is 5.91 Å². The first kappa shape index (κ1) is 11.5. The van der Waals surface area contributed by atoms with Gasteiger partial charge in [-0.3, -0.25) is 4.79 Å². The van der Waals surface area contributed by atoms with Crippen LogP contribution in [-0.2, 0) is 0 Å². The van der Waals surface area contributed by atoms with Gasteiger partial charge >= 0.3 is 0 Å². The standard InChI is InChI=1S/C9H7F4NO/c1-14(2)9(15)6-7(12)4(10)3-5(11)8(6)13/h3H,1-2H3. The predicted molar refractivity (Wildman–Crippen MR) is 44.3 cm³/mol. The van der Waals surface area contributed by atoms with Crippen LogP contribution in [-0.4, -0.2) is 24.9 Å². The fraction of sp³-hybridized carbons (Fsp3) is 0.222. The first-order valence-corrected chi connectivity index (χ1v) is 3.91. The van der Waals surface area contributed by atoms with Crippen LogP contribution >= 0.6 is 0 Å². The molecule has 0 atom stereocenters. The molecule has 0 radical (unpaired) electrons. The van der Waals surface area contributed by atoms with Gasteiger partial charge in [0.2, 0.25) is 0 Å². The molecular weight excluding hydrogens is 214 g/mol. The largest absolute Gasteiger partial charge is 0.345 e. The second kappa shape index (κ2) is 3.88. The number of hydrogen-bond donors (Lipinski definition) is 0. The van der Waals surface area contributed by atoms with Crippen molar-refractivity contribution < 1.29 is 22.4 Å². The lowest BCUT2D eigenvalue weighted by atomic mass is 10.1. The highest BCUT2D eigenvalue weighted by molar-refractivity contribution is 5.94. The van der Waals surface area contributed by atoms with Gasteiger partial charge in [-0.15, -0.1) is 0 Å². The van der Waals surface area contributed by atoms with Gasteiger partial charge in [0.1, 0.15) is 5.56 Å². The van der Waals surface area contributed by atoms with E-state index in [1.54, 1.807) is 0 Å². The van der Waals surface area contributed by atoms with Gasteiger partial charge in [-0.1, -0.05) is 0 Å². The summed E-state index contributed by atoms with van der Waals surface area (Å²) in [5, 5.41) is 0.